The van der Waals surface area contributed by atoms with Gasteiger partial charge in [0.1, 0.15) is 5.75 Å². The number of nitrogen functional groups attached to an aromatic ring is 1. The standard InChI is InChI=1S/C27H28N2O5/c1-31-24-11-10-20(17-22(24)28)23(30)12-13-29-21-7-5-6-18(14-21)8-9-19-15-25(32-2)27(34-4)26(16-19)33-3/h5-11,13-17H,12,28H2,1-4H3/b9-8-,29-13?. The molecule has 0 unspecified atom stereocenters. The summed E-state index contributed by atoms with van der Waals surface area (Å²) in [5, 5.41) is 0. The van der Waals surface area contributed by atoms with E-state index in [4.69, 9.17) is 24.7 Å². The van der Waals surface area contributed by atoms with E-state index in [0.717, 1.165) is 16.8 Å². The normalized spacial score (nSPS) is 11.1. The predicted molar refractivity (Wildman–Crippen MR) is 136 cm³/mol. The summed E-state index contributed by atoms with van der Waals surface area (Å²) in [5.41, 5.74) is 9.43. The molecule has 3 aromatic carbocycles. The van der Waals surface area contributed by atoms with Crippen molar-refractivity contribution in [3.8, 4) is 23.0 Å². The number of aliphatic imine (C=N–C) groups is 1. The first-order valence-corrected chi connectivity index (χ1v) is 10.6. The number of carbonyl (C=O) groups excluding carboxylic acids is 1. The van der Waals surface area contributed by atoms with E-state index in [0.29, 0.717) is 34.2 Å². The van der Waals surface area contributed by atoms with Crippen LogP contribution in [0.5, 0.6) is 23.0 Å². The first-order valence-electron chi connectivity index (χ1n) is 10.6. The first kappa shape index (κ1) is 24.4. The Hall–Kier alpha value is -4.26. The van der Waals surface area contributed by atoms with Crippen molar-refractivity contribution in [2.45, 2.75) is 6.42 Å². The number of anilines is 1. The summed E-state index contributed by atoms with van der Waals surface area (Å²) in [7, 11) is 6.27. The topological polar surface area (TPSA) is 92.4 Å². The predicted octanol–water partition coefficient (Wildman–Crippen LogP) is 5.45. The van der Waals surface area contributed by atoms with Crippen molar-refractivity contribution < 1.29 is 23.7 Å². The number of nitrogens with two attached hydrogens (primary N) is 1. The molecule has 3 rings (SSSR count). The van der Waals surface area contributed by atoms with Gasteiger partial charge in [0, 0.05) is 18.2 Å². The lowest BCUT2D eigenvalue weighted by Gasteiger charge is -2.12. The van der Waals surface area contributed by atoms with Gasteiger partial charge < -0.3 is 24.7 Å². The molecular weight excluding hydrogens is 432 g/mol. The molecule has 7 nitrogen and oxygen atoms in total. The van der Waals surface area contributed by atoms with Crippen LogP contribution in [0.4, 0.5) is 11.4 Å². The number of ketones is 1. The molecule has 0 atom stereocenters. The molecule has 0 fully saturated rings. The monoisotopic (exact) mass is 460 g/mol. The quantitative estimate of drug-likeness (QED) is 0.187. The minimum atomic E-state index is -0.0726. The van der Waals surface area contributed by atoms with Crippen LogP contribution in [0.25, 0.3) is 12.2 Å². The highest BCUT2D eigenvalue weighted by atomic mass is 16.5. The van der Waals surface area contributed by atoms with Gasteiger partial charge in [-0.1, -0.05) is 24.3 Å². The van der Waals surface area contributed by atoms with Crippen LogP contribution in [0.3, 0.4) is 0 Å². The van der Waals surface area contributed by atoms with Crippen LogP contribution in [-0.4, -0.2) is 40.4 Å². The average molecular weight is 461 g/mol. The molecule has 0 heterocycles. The summed E-state index contributed by atoms with van der Waals surface area (Å²) in [5.74, 6) is 2.19. The zero-order valence-corrected chi connectivity index (χ0v) is 19.7. The van der Waals surface area contributed by atoms with Crippen LogP contribution in [0.1, 0.15) is 27.9 Å². The third-order valence-electron chi connectivity index (χ3n) is 5.09. The van der Waals surface area contributed by atoms with Gasteiger partial charge in [-0.3, -0.25) is 9.79 Å². The Morgan fingerprint density at radius 3 is 2.12 bits per heavy atom. The van der Waals surface area contributed by atoms with Crippen molar-refractivity contribution in [1.82, 2.24) is 0 Å². The fraction of sp³-hybridized carbons (Fsp3) is 0.185. The van der Waals surface area contributed by atoms with Crippen LogP contribution in [0.15, 0.2) is 59.6 Å². The van der Waals surface area contributed by atoms with Gasteiger partial charge >= 0.3 is 0 Å². The molecule has 2 N–H and O–H groups in total. The molecule has 0 aliphatic heterocycles. The highest BCUT2D eigenvalue weighted by Crippen LogP contribution is 2.38. The Labute approximate surface area is 199 Å². The Kier molecular flexibility index (Phi) is 8.29. The van der Waals surface area contributed by atoms with Crippen LogP contribution in [-0.2, 0) is 0 Å². The van der Waals surface area contributed by atoms with Crippen molar-refractivity contribution >= 4 is 35.5 Å². The lowest BCUT2D eigenvalue weighted by atomic mass is 10.1. The molecule has 0 bridgehead atoms. The summed E-state index contributed by atoms with van der Waals surface area (Å²) in [4.78, 5) is 16.9. The molecule has 0 aromatic heterocycles. The molecule has 176 valence electrons. The molecule has 0 aliphatic carbocycles. The second-order valence-electron chi connectivity index (χ2n) is 7.28. The Balaban J connectivity index is 1.70. The van der Waals surface area contributed by atoms with Crippen LogP contribution < -0.4 is 24.7 Å². The highest BCUT2D eigenvalue weighted by Gasteiger charge is 2.12. The number of ether oxygens (including phenoxy) is 4. The number of carbonyl (C=O) groups is 1. The fourth-order valence-corrected chi connectivity index (χ4v) is 3.36. The number of benzene rings is 3. The van der Waals surface area contributed by atoms with E-state index >= 15 is 0 Å². The Morgan fingerprint density at radius 2 is 1.50 bits per heavy atom. The van der Waals surface area contributed by atoms with Gasteiger partial charge in [-0.25, -0.2) is 0 Å². The lowest BCUT2D eigenvalue weighted by molar-refractivity contribution is 0.100. The van der Waals surface area contributed by atoms with Crippen molar-refractivity contribution in [1.29, 1.82) is 0 Å². The Bertz CT molecular complexity index is 1190. The number of hydrogen-bond donors (Lipinski definition) is 1. The van der Waals surface area contributed by atoms with Gasteiger partial charge in [-0.15, -0.1) is 0 Å². The van der Waals surface area contributed by atoms with E-state index in [9.17, 15) is 4.79 Å². The van der Waals surface area contributed by atoms with E-state index in [-0.39, 0.29) is 12.2 Å². The highest BCUT2D eigenvalue weighted by molar-refractivity contribution is 6.04. The maximum Gasteiger partial charge on any atom is 0.203 e. The number of hydrogen-bond acceptors (Lipinski definition) is 7. The van der Waals surface area contributed by atoms with Crippen molar-refractivity contribution in [2.75, 3.05) is 34.2 Å². The summed E-state index contributed by atoms with van der Waals surface area (Å²) in [6.07, 6.45) is 5.68. The second-order valence-corrected chi connectivity index (χ2v) is 7.28. The van der Waals surface area contributed by atoms with Crippen LogP contribution in [0.2, 0.25) is 0 Å². The molecule has 0 amide bonds. The maximum absolute atomic E-state index is 12.4. The number of rotatable bonds is 10. The summed E-state index contributed by atoms with van der Waals surface area (Å²) < 4.78 is 21.3. The first-order chi connectivity index (χ1) is 16.5. The summed E-state index contributed by atoms with van der Waals surface area (Å²) in [6.45, 7) is 0. The van der Waals surface area contributed by atoms with Gasteiger partial charge in [-0.05, 0) is 53.6 Å². The SMILES string of the molecule is COc1ccc(C(=O)CC=Nc2cccc(/C=C\c3cc(OC)c(OC)c(OC)c3)c2)cc1N. The fourth-order valence-electron chi connectivity index (χ4n) is 3.36. The van der Waals surface area contributed by atoms with Crippen molar-refractivity contribution in [3.63, 3.8) is 0 Å². The second kappa shape index (κ2) is 11.6. The van der Waals surface area contributed by atoms with Gasteiger partial charge in [0.25, 0.3) is 0 Å². The van der Waals surface area contributed by atoms with Gasteiger partial charge in [0.05, 0.1) is 39.8 Å². The third-order valence-corrected chi connectivity index (χ3v) is 5.09. The molecular formula is C27H28N2O5. The molecule has 3 aromatic rings. The number of methoxy groups -OCH3 is 4. The minimum absolute atomic E-state index is 0.0726. The number of nitrogens with zero attached hydrogens (tertiary/aromatic N) is 1. The number of Topliss-reactive ketones (excluding diaryl/α,β-unsaturated/α-hetero) is 1. The largest absolute Gasteiger partial charge is 0.495 e. The molecule has 0 aliphatic rings. The van der Waals surface area contributed by atoms with E-state index < -0.39 is 0 Å². The van der Waals surface area contributed by atoms with E-state index in [2.05, 4.69) is 4.99 Å². The Morgan fingerprint density at radius 1 is 0.824 bits per heavy atom. The zero-order chi connectivity index (χ0) is 24.5. The van der Waals surface area contributed by atoms with Crippen LogP contribution in [0, 0.1) is 0 Å². The van der Waals surface area contributed by atoms with Gasteiger partial charge in [0.15, 0.2) is 17.3 Å². The molecule has 7 heteroatoms. The third kappa shape index (κ3) is 5.95. The molecule has 0 saturated carbocycles. The smallest absolute Gasteiger partial charge is 0.203 e. The van der Waals surface area contributed by atoms with Crippen molar-refractivity contribution in [3.05, 3.63) is 71.3 Å². The van der Waals surface area contributed by atoms with Gasteiger partial charge in [-0.2, -0.15) is 0 Å². The van der Waals surface area contributed by atoms with E-state index in [1.165, 1.54) is 7.11 Å². The zero-order valence-electron chi connectivity index (χ0n) is 19.7. The van der Waals surface area contributed by atoms with E-state index in [1.807, 2.05) is 48.6 Å². The summed E-state index contributed by atoms with van der Waals surface area (Å²) >= 11 is 0. The minimum Gasteiger partial charge on any atom is -0.495 e. The molecule has 34 heavy (non-hydrogen) atoms. The molecule has 0 saturated heterocycles. The van der Waals surface area contributed by atoms with Crippen molar-refractivity contribution in [2.24, 2.45) is 4.99 Å². The molecule has 0 radical (unpaired) electrons. The lowest BCUT2D eigenvalue weighted by Crippen LogP contribution is -2.01. The van der Waals surface area contributed by atoms with Gasteiger partial charge in [0.2, 0.25) is 5.75 Å². The maximum atomic E-state index is 12.4. The van der Waals surface area contributed by atoms with Crippen LogP contribution >= 0.6 is 0 Å². The summed E-state index contributed by atoms with van der Waals surface area (Å²) in [6, 6.07) is 16.4. The average Bonchev–Trinajstić information content (AvgIpc) is 2.86. The van der Waals surface area contributed by atoms with E-state index in [1.54, 1.807) is 45.7 Å². The molecule has 0 spiro atoms.